The number of piperazine rings is 1. The van der Waals surface area contributed by atoms with Gasteiger partial charge in [0.25, 0.3) is 0 Å². The summed E-state index contributed by atoms with van der Waals surface area (Å²) in [6, 6.07) is 8.39. The van der Waals surface area contributed by atoms with E-state index in [1.165, 1.54) is 18.4 Å². The molecule has 0 atom stereocenters. The summed E-state index contributed by atoms with van der Waals surface area (Å²) in [4.78, 5) is 20.2. The first-order valence-corrected chi connectivity index (χ1v) is 9.77. The van der Waals surface area contributed by atoms with Gasteiger partial charge in [-0.15, -0.1) is 6.58 Å². The third-order valence-corrected chi connectivity index (χ3v) is 4.77. The molecule has 6 nitrogen and oxygen atoms in total. The highest BCUT2D eigenvalue weighted by Gasteiger charge is 2.16. The normalized spacial score (nSPS) is 14.7. The maximum Gasteiger partial charge on any atom is 0.239 e. The fourth-order valence-electron chi connectivity index (χ4n) is 3.17. The molecule has 27 heavy (non-hydrogen) atoms. The minimum atomic E-state index is 0.0864. The number of benzene rings is 1. The molecule has 1 aliphatic rings. The van der Waals surface area contributed by atoms with Gasteiger partial charge in [0, 0.05) is 46.0 Å². The molecule has 1 aromatic carbocycles. The lowest BCUT2D eigenvalue weighted by atomic mass is 10.2. The number of rotatable bonds is 9. The maximum absolute atomic E-state index is 11.5. The molecule has 2 rings (SSSR count). The van der Waals surface area contributed by atoms with Crippen molar-refractivity contribution in [3.05, 3.63) is 42.5 Å². The Morgan fingerprint density at radius 1 is 1.33 bits per heavy atom. The molecule has 0 aromatic heterocycles. The highest BCUT2D eigenvalue weighted by Crippen LogP contribution is 2.16. The molecule has 0 saturated carbocycles. The van der Waals surface area contributed by atoms with Crippen LogP contribution in [-0.2, 0) is 11.3 Å². The van der Waals surface area contributed by atoms with Crippen LogP contribution in [0, 0.1) is 0 Å². The lowest BCUT2D eigenvalue weighted by Gasteiger charge is -2.28. The van der Waals surface area contributed by atoms with Crippen molar-refractivity contribution in [3.8, 4) is 0 Å². The number of unbranched alkanes of at least 4 members (excludes halogenated alkanes) is 3. The molecule has 0 unspecified atom stereocenters. The van der Waals surface area contributed by atoms with E-state index in [-0.39, 0.29) is 5.91 Å². The summed E-state index contributed by atoms with van der Waals surface area (Å²) in [6.07, 6.45) is 6.64. The van der Waals surface area contributed by atoms with Crippen molar-refractivity contribution >= 4 is 17.6 Å². The van der Waals surface area contributed by atoms with Gasteiger partial charge < -0.3 is 20.4 Å². The summed E-state index contributed by atoms with van der Waals surface area (Å²) < 4.78 is 0. The van der Waals surface area contributed by atoms with Gasteiger partial charge >= 0.3 is 0 Å². The predicted octanol–water partition coefficient (Wildman–Crippen LogP) is 2.38. The molecular weight excluding hydrogens is 338 g/mol. The highest BCUT2D eigenvalue weighted by atomic mass is 16.2. The SMILES string of the molecule is C=CCCCCCN(C)C(=NC)NCc1ccc(N2CCNC(=O)C2)cc1. The van der Waals surface area contributed by atoms with Crippen LogP contribution in [0.3, 0.4) is 0 Å². The van der Waals surface area contributed by atoms with Gasteiger partial charge in [-0.2, -0.15) is 0 Å². The van der Waals surface area contributed by atoms with Crippen LogP contribution >= 0.6 is 0 Å². The Morgan fingerprint density at radius 2 is 2.11 bits per heavy atom. The molecule has 1 amide bonds. The van der Waals surface area contributed by atoms with Crippen LogP contribution in [-0.4, -0.2) is 57.0 Å². The van der Waals surface area contributed by atoms with Crippen molar-refractivity contribution in [3.63, 3.8) is 0 Å². The van der Waals surface area contributed by atoms with Crippen LogP contribution in [0.15, 0.2) is 41.9 Å². The molecule has 6 heteroatoms. The zero-order valence-corrected chi connectivity index (χ0v) is 16.7. The number of anilines is 1. The molecular formula is C21H33N5O. The van der Waals surface area contributed by atoms with Gasteiger partial charge in [-0.3, -0.25) is 9.79 Å². The van der Waals surface area contributed by atoms with Crippen molar-refractivity contribution in [1.82, 2.24) is 15.5 Å². The Balaban J connectivity index is 1.78. The number of hydrogen-bond donors (Lipinski definition) is 2. The second-order valence-corrected chi connectivity index (χ2v) is 6.90. The average Bonchev–Trinajstić information content (AvgIpc) is 2.69. The first kappa shape index (κ1) is 20.8. The molecule has 1 fully saturated rings. The second kappa shape index (κ2) is 11.3. The van der Waals surface area contributed by atoms with E-state index in [4.69, 9.17) is 0 Å². The second-order valence-electron chi connectivity index (χ2n) is 6.90. The van der Waals surface area contributed by atoms with Crippen LogP contribution in [0.2, 0.25) is 0 Å². The zero-order valence-electron chi connectivity index (χ0n) is 16.7. The fraction of sp³-hybridized carbons (Fsp3) is 0.524. The summed E-state index contributed by atoms with van der Waals surface area (Å²) in [6.45, 7) is 7.48. The van der Waals surface area contributed by atoms with Crippen LogP contribution in [0.1, 0.15) is 31.2 Å². The minimum Gasteiger partial charge on any atom is -0.360 e. The van der Waals surface area contributed by atoms with Crippen LogP contribution in [0.25, 0.3) is 0 Å². The summed E-state index contributed by atoms with van der Waals surface area (Å²) in [7, 11) is 3.90. The van der Waals surface area contributed by atoms with E-state index >= 15 is 0 Å². The van der Waals surface area contributed by atoms with Crippen LogP contribution in [0.5, 0.6) is 0 Å². The first-order chi connectivity index (χ1) is 13.1. The van der Waals surface area contributed by atoms with Crippen LogP contribution in [0.4, 0.5) is 5.69 Å². The van der Waals surface area contributed by atoms with Gasteiger partial charge in [0.05, 0.1) is 6.54 Å². The van der Waals surface area contributed by atoms with E-state index in [0.717, 1.165) is 44.1 Å². The van der Waals surface area contributed by atoms with Gasteiger partial charge in [0.2, 0.25) is 5.91 Å². The van der Waals surface area contributed by atoms with Crippen molar-refractivity contribution in [2.45, 2.75) is 32.2 Å². The Labute approximate surface area is 163 Å². The van der Waals surface area contributed by atoms with Crippen molar-refractivity contribution in [2.24, 2.45) is 4.99 Å². The van der Waals surface area contributed by atoms with Crippen molar-refractivity contribution in [1.29, 1.82) is 0 Å². The van der Waals surface area contributed by atoms with E-state index in [1.54, 1.807) is 0 Å². The number of amides is 1. The third kappa shape index (κ3) is 6.96. The van der Waals surface area contributed by atoms with E-state index in [2.05, 4.69) is 63.3 Å². The molecule has 1 heterocycles. The number of carbonyl (C=O) groups is 1. The number of guanidine groups is 1. The maximum atomic E-state index is 11.5. The molecule has 2 N–H and O–H groups in total. The third-order valence-electron chi connectivity index (χ3n) is 4.77. The monoisotopic (exact) mass is 371 g/mol. The number of aliphatic imine (C=N–C) groups is 1. The van der Waals surface area contributed by atoms with Gasteiger partial charge in [-0.1, -0.05) is 24.6 Å². The molecule has 0 radical (unpaired) electrons. The van der Waals surface area contributed by atoms with Crippen molar-refractivity contribution < 1.29 is 4.79 Å². The van der Waals surface area contributed by atoms with Crippen LogP contribution < -0.4 is 15.5 Å². The lowest BCUT2D eigenvalue weighted by Crippen LogP contribution is -2.47. The minimum absolute atomic E-state index is 0.0864. The standard InChI is InChI=1S/C21H33N5O/c1-4-5-6-7-8-14-25(3)21(22-2)24-16-18-9-11-19(12-10-18)26-15-13-23-20(27)17-26/h4,9-12H,1,5-8,13-17H2,2-3H3,(H,22,24)(H,23,27). The van der Waals surface area contributed by atoms with Gasteiger partial charge in [-0.05, 0) is 37.0 Å². The van der Waals surface area contributed by atoms with E-state index < -0.39 is 0 Å². The topological polar surface area (TPSA) is 60.0 Å². The molecule has 1 aromatic rings. The van der Waals surface area contributed by atoms with E-state index in [0.29, 0.717) is 13.1 Å². The summed E-state index contributed by atoms with van der Waals surface area (Å²) in [5.74, 6) is 0.999. The van der Waals surface area contributed by atoms with Gasteiger partial charge in [0.15, 0.2) is 5.96 Å². The van der Waals surface area contributed by atoms with E-state index in [9.17, 15) is 4.79 Å². The number of allylic oxidation sites excluding steroid dienone is 1. The molecule has 0 spiro atoms. The predicted molar refractivity (Wildman–Crippen MR) is 113 cm³/mol. The first-order valence-electron chi connectivity index (χ1n) is 9.77. The Hall–Kier alpha value is -2.50. The van der Waals surface area contributed by atoms with Gasteiger partial charge in [-0.25, -0.2) is 0 Å². The highest BCUT2D eigenvalue weighted by molar-refractivity contribution is 5.82. The molecule has 1 saturated heterocycles. The Kier molecular flexibility index (Phi) is 8.68. The smallest absolute Gasteiger partial charge is 0.239 e. The Morgan fingerprint density at radius 3 is 2.78 bits per heavy atom. The lowest BCUT2D eigenvalue weighted by molar-refractivity contribution is -0.120. The largest absolute Gasteiger partial charge is 0.360 e. The number of carbonyl (C=O) groups excluding carboxylic acids is 1. The Bertz CT molecular complexity index is 626. The number of nitrogens with one attached hydrogen (secondary N) is 2. The molecule has 0 bridgehead atoms. The summed E-state index contributed by atoms with van der Waals surface area (Å²) in [5.41, 5.74) is 2.29. The number of nitrogens with zero attached hydrogens (tertiary/aromatic N) is 3. The van der Waals surface area contributed by atoms with Gasteiger partial charge in [0.1, 0.15) is 0 Å². The average molecular weight is 372 g/mol. The fourth-order valence-corrected chi connectivity index (χ4v) is 3.17. The number of hydrogen-bond acceptors (Lipinski definition) is 3. The molecule has 1 aliphatic heterocycles. The zero-order chi connectivity index (χ0) is 19.5. The quantitative estimate of drug-likeness (QED) is 0.303. The van der Waals surface area contributed by atoms with E-state index in [1.807, 2.05) is 13.1 Å². The molecule has 0 aliphatic carbocycles. The van der Waals surface area contributed by atoms with Crippen molar-refractivity contribution in [2.75, 3.05) is 45.2 Å². The molecule has 148 valence electrons. The summed E-state index contributed by atoms with van der Waals surface area (Å²) >= 11 is 0. The summed E-state index contributed by atoms with van der Waals surface area (Å²) in [5, 5.41) is 6.28.